The summed E-state index contributed by atoms with van der Waals surface area (Å²) in [6.45, 7) is 2.27. The van der Waals surface area contributed by atoms with E-state index in [4.69, 9.17) is 0 Å². The van der Waals surface area contributed by atoms with E-state index in [0.29, 0.717) is 30.6 Å². The van der Waals surface area contributed by atoms with Crippen molar-refractivity contribution >= 4 is 17.3 Å². The van der Waals surface area contributed by atoms with E-state index in [0.717, 1.165) is 0 Å². The minimum absolute atomic E-state index is 0.114. The first-order chi connectivity index (χ1) is 8.97. The van der Waals surface area contributed by atoms with Crippen molar-refractivity contribution in [3.8, 4) is 0 Å². The zero-order valence-corrected chi connectivity index (χ0v) is 11.4. The topological polar surface area (TPSA) is 72.7 Å². The van der Waals surface area contributed by atoms with Gasteiger partial charge >= 0.3 is 5.97 Å². The van der Waals surface area contributed by atoms with E-state index >= 15 is 0 Å². The summed E-state index contributed by atoms with van der Waals surface area (Å²) in [5, 5.41) is 11.1. The van der Waals surface area contributed by atoms with E-state index in [2.05, 4.69) is 4.74 Å². The van der Waals surface area contributed by atoms with E-state index in [9.17, 15) is 14.9 Å². The lowest BCUT2D eigenvalue weighted by Crippen LogP contribution is -2.20. The Bertz CT molecular complexity index is 474. The molecule has 0 amide bonds. The molecule has 0 N–H and O–H groups in total. The number of ether oxygens (including phenoxy) is 1. The first kappa shape index (κ1) is 14.9. The highest BCUT2D eigenvalue weighted by Crippen LogP contribution is 2.30. The molecule has 0 aliphatic rings. The number of aryl methyl sites for hydroxylation is 1. The van der Waals surface area contributed by atoms with E-state index in [1.54, 1.807) is 37.1 Å². The van der Waals surface area contributed by atoms with Crippen molar-refractivity contribution < 1.29 is 14.5 Å². The molecular formula is C13H18N2O4. The third-order valence-corrected chi connectivity index (χ3v) is 2.91. The molecule has 6 heteroatoms. The average molecular weight is 266 g/mol. The summed E-state index contributed by atoms with van der Waals surface area (Å²) in [5.41, 5.74) is 1.31. The van der Waals surface area contributed by atoms with Gasteiger partial charge in [0.2, 0.25) is 0 Å². The smallest absolute Gasteiger partial charge is 0.305 e. The molecule has 6 nitrogen and oxygen atoms in total. The van der Waals surface area contributed by atoms with Crippen LogP contribution in [0.2, 0.25) is 0 Å². The number of para-hydroxylation sites is 1. The van der Waals surface area contributed by atoms with Gasteiger partial charge in [0.25, 0.3) is 5.69 Å². The lowest BCUT2D eigenvalue weighted by Gasteiger charge is -2.19. The third kappa shape index (κ3) is 3.94. The van der Waals surface area contributed by atoms with E-state index in [-0.39, 0.29) is 16.6 Å². The molecule has 0 aromatic heterocycles. The van der Waals surface area contributed by atoms with Crippen LogP contribution in [-0.4, -0.2) is 31.6 Å². The number of nitro groups is 1. The van der Waals surface area contributed by atoms with Gasteiger partial charge in [-0.3, -0.25) is 14.9 Å². The van der Waals surface area contributed by atoms with Crippen LogP contribution in [0.4, 0.5) is 11.4 Å². The second-order valence-electron chi connectivity index (χ2n) is 4.30. The SMILES string of the molecule is COC(=O)CCCN(C)c1cccc(C)c1[N+](=O)[O-]. The van der Waals surface area contributed by atoms with Crippen molar-refractivity contribution in [2.75, 3.05) is 25.6 Å². The van der Waals surface area contributed by atoms with Crippen LogP contribution < -0.4 is 4.90 Å². The number of hydrogen-bond donors (Lipinski definition) is 0. The van der Waals surface area contributed by atoms with Gasteiger partial charge in [0.1, 0.15) is 5.69 Å². The minimum atomic E-state index is -0.374. The van der Waals surface area contributed by atoms with Crippen molar-refractivity contribution in [1.82, 2.24) is 0 Å². The van der Waals surface area contributed by atoms with Gasteiger partial charge in [-0.15, -0.1) is 0 Å². The fraction of sp³-hybridized carbons (Fsp3) is 0.462. The molecule has 0 saturated heterocycles. The summed E-state index contributed by atoms with van der Waals surface area (Å²) < 4.78 is 4.55. The van der Waals surface area contributed by atoms with Crippen LogP contribution in [-0.2, 0) is 9.53 Å². The number of esters is 1. The summed E-state index contributed by atoms with van der Waals surface area (Å²) in [6, 6.07) is 5.21. The predicted octanol–water partition coefficient (Wildman–Crippen LogP) is 2.29. The van der Waals surface area contributed by atoms with Gasteiger partial charge in [0.05, 0.1) is 12.0 Å². The maximum Gasteiger partial charge on any atom is 0.305 e. The van der Waals surface area contributed by atoms with Crippen molar-refractivity contribution in [3.05, 3.63) is 33.9 Å². The number of carbonyl (C=O) groups is 1. The fourth-order valence-electron chi connectivity index (χ4n) is 1.87. The molecule has 1 rings (SSSR count). The first-order valence-corrected chi connectivity index (χ1v) is 5.99. The molecule has 0 saturated carbocycles. The Hall–Kier alpha value is -2.11. The van der Waals surface area contributed by atoms with E-state index in [1.165, 1.54) is 7.11 Å². The van der Waals surface area contributed by atoms with Crippen molar-refractivity contribution in [3.63, 3.8) is 0 Å². The van der Waals surface area contributed by atoms with Gasteiger partial charge in [-0.2, -0.15) is 0 Å². The van der Waals surface area contributed by atoms with Crippen molar-refractivity contribution in [2.45, 2.75) is 19.8 Å². The third-order valence-electron chi connectivity index (χ3n) is 2.91. The van der Waals surface area contributed by atoms with Crippen LogP contribution in [0.5, 0.6) is 0 Å². The molecule has 0 aliphatic carbocycles. The molecule has 0 heterocycles. The van der Waals surface area contributed by atoms with Crippen molar-refractivity contribution in [1.29, 1.82) is 0 Å². The monoisotopic (exact) mass is 266 g/mol. The van der Waals surface area contributed by atoms with Crippen molar-refractivity contribution in [2.24, 2.45) is 0 Å². The first-order valence-electron chi connectivity index (χ1n) is 5.99. The van der Waals surface area contributed by atoms with Gasteiger partial charge < -0.3 is 9.64 Å². The Morgan fingerprint density at radius 2 is 2.16 bits per heavy atom. The molecular weight excluding hydrogens is 248 g/mol. The molecule has 0 unspecified atom stereocenters. The van der Waals surface area contributed by atoms with Crippen LogP contribution in [0.15, 0.2) is 18.2 Å². The van der Waals surface area contributed by atoms with Crippen LogP contribution in [0.1, 0.15) is 18.4 Å². The molecule has 1 aromatic rings. The Balaban J connectivity index is 2.77. The maximum atomic E-state index is 11.1. The summed E-state index contributed by atoms with van der Waals surface area (Å²) in [7, 11) is 3.12. The van der Waals surface area contributed by atoms with Crippen LogP contribution >= 0.6 is 0 Å². The predicted molar refractivity (Wildman–Crippen MR) is 72.4 cm³/mol. The van der Waals surface area contributed by atoms with Gasteiger partial charge in [-0.05, 0) is 19.4 Å². The molecule has 0 aliphatic heterocycles. The largest absolute Gasteiger partial charge is 0.469 e. The van der Waals surface area contributed by atoms with Gasteiger partial charge in [0, 0.05) is 25.6 Å². The lowest BCUT2D eigenvalue weighted by molar-refractivity contribution is -0.384. The highest BCUT2D eigenvalue weighted by atomic mass is 16.6. The average Bonchev–Trinajstić information content (AvgIpc) is 2.37. The molecule has 104 valence electrons. The zero-order valence-electron chi connectivity index (χ0n) is 11.4. The van der Waals surface area contributed by atoms with Crippen LogP contribution in [0.3, 0.4) is 0 Å². The van der Waals surface area contributed by atoms with Gasteiger partial charge in [-0.1, -0.05) is 12.1 Å². The highest BCUT2D eigenvalue weighted by molar-refractivity contribution is 5.69. The number of benzene rings is 1. The molecule has 0 radical (unpaired) electrons. The molecule has 0 bridgehead atoms. The Kier molecular flexibility index (Phi) is 5.29. The maximum absolute atomic E-state index is 11.1. The molecule has 0 atom stereocenters. The summed E-state index contributed by atoms with van der Waals surface area (Å²) >= 11 is 0. The highest BCUT2D eigenvalue weighted by Gasteiger charge is 2.19. The fourth-order valence-corrected chi connectivity index (χ4v) is 1.87. The lowest BCUT2D eigenvalue weighted by atomic mass is 10.1. The Labute approximate surface area is 112 Å². The number of carbonyl (C=O) groups excluding carboxylic acids is 1. The normalized spacial score (nSPS) is 10.1. The quantitative estimate of drug-likeness (QED) is 0.448. The molecule has 0 fully saturated rings. The Morgan fingerprint density at radius 3 is 2.74 bits per heavy atom. The Morgan fingerprint density at radius 1 is 1.47 bits per heavy atom. The van der Waals surface area contributed by atoms with Gasteiger partial charge in [-0.25, -0.2) is 0 Å². The standard InChI is InChI=1S/C13H18N2O4/c1-10-6-4-7-11(13(10)15(17)18)14(2)9-5-8-12(16)19-3/h4,6-7H,5,8-9H2,1-3H3. The summed E-state index contributed by atoms with van der Waals surface area (Å²) in [4.78, 5) is 23.5. The van der Waals surface area contributed by atoms with E-state index < -0.39 is 0 Å². The number of hydrogen-bond acceptors (Lipinski definition) is 5. The second kappa shape index (κ2) is 6.72. The number of nitro benzene ring substituents is 1. The molecule has 1 aromatic carbocycles. The summed E-state index contributed by atoms with van der Waals surface area (Å²) in [5.74, 6) is -0.271. The van der Waals surface area contributed by atoms with E-state index in [1.807, 2.05) is 0 Å². The molecule has 0 spiro atoms. The summed E-state index contributed by atoms with van der Waals surface area (Å²) in [6.07, 6.45) is 0.898. The van der Waals surface area contributed by atoms with Crippen LogP contribution in [0, 0.1) is 17.0 Å². The molecule has 19 heavy (non-hydrogen) atoms. The number of anilines is 1. The van der Waals surface area contributed by atoms with Gasteiger partial charge in [0.15, 0.2) is 0 Å². The second-order valence-corrected chi connectivity index (χ2v) is 4.30. The number of methoxy groups -OCH3 is 1. The zero-order chi connectivity index (χ0) is 14.4. The minimum Gasteiger partial charge on any atom is -0.469 e. The number of rotatable bonds is 6. The van der Waals surface area contributed by atoms with Crippen LogP contribution in [0.25, 0.3) is 0 Å². The number of nitrogens with zero attached hydrogens (tertiary/aromatic N) is 2.